The molecular weight excluding hydrogens is 251 g/mol. The van der Waals surface area contributed by atoms with Crippen LogP contribution in [0.4, 0.5) is 17.3 Å². The molecule has 0 saturated heterocycles. The van der Waals surface area contributed by atoms with Gasteiger partial charge in [0.1, 0.15) is 0 Å². The predicted molar refractivity (Wildman–Crippen MR) is 51.0 cm³/mol. The van der Waals surface area contributed by atoms with E-state index < -0.39 is 17.5 Å². The molecule has 4 nitrogen and oxygen atoms in total. The summed E-state index contributed by atoms with van der Waals surface area (Å²) in [5, 5.41) is 8.26. The van der Waals surface area contributed by atoms with Crippen LogP contribution in [0, 0.1) is 5.39 Å². The summed E-state index contributed by atoms with van der Waals surface area (Å²) in [6, 6.07) is 0. The van der Waals surface area contributed by atoms with E-state index in [9.17, 15) is 25.7 Å². The second kappa shape index (κ2) is 6.07. The smallest absolute Gasteiger partial charge is 0.418 e. The molecule has 0 aromatic heterocycles. The Morgan fingerprint density at radius 2 is 1.75 bits per heavy atom. The number of diazo groups is 1. The van der Waals surface area contributed by atoms with Gasteiger partial charge in [0.25, 0.3) is 0 Å². The normalized spacial score (nSPS) is 14.4. The van der Waals surface area contributed by atoms with Crippen LogP contribution in [-0.4, -0.2) is 20.5 Å². The van der Waals surface area contributed by atoms with Gasteiger partial charge >= 0.3 is 13.0 Å². The summed E-state index contributed by atoms with van der Waals surface area (Å²) in [5.74, 6) is 0. The van der Waals surface area contributed by atoms with E-state index in [0.717, 1.165) is 0 Å². The van der Waals surface area contributed by atoms with Crippen LogP contribution in [0.15, 0.2) is 23.9 Å². The van der Waals surface area contributed by atoms with Gasteiger partial charge < -0.3 is 17.3 Å². The summed E-state index contributed by atoms with van der Waals surface area (Å²) in [4.78, 5) is 3.20. The molecule has 0 saturated carbocycles. The van der Waals surface area contributed by atoms with Crippen molar-refractivity contribution in [3.8, 4) is 0 Å². The van der Waals surface area contributed by atoms with Crippen LogP contribution in [0.25, 0.3) is 4.98 Å². The maximum absolute atomic E-state index is 10.3. The molecule has 10 heteroatoms. The van der Waals surface area contributed by atoms with Crippen LogP contribution in [0.2, 0.25) is 0 Å². The first-order chi connectivity index (χ1) is 7.24. The first-order valence-corrected chi connectivity index (χ1v) is 4.87. The van der Waals surface area contributed by atoms with Gasteiger partial charge in [0, 0.05) is 18.6 Å². The molecule has 0 amide bonds. The van der Waals surface area contributed by atoms with E-state index in [-0.39, 0.29) is 0 Å². The summed E-state index contributed by atoms with van der Waals surface area (Å²) in [7, 11) is -8.16. The highest BCUT2D eigenvalue weighted by Crippen LogP contribution is 2.08. The van der Waals surface area contributed by atoms with E-state index >= 15 is 0 Å². The molecule has 0 aliphatic heterocycles. The number of hydrogen-bond donors (Lipinski definition) is 0. The number of allylic oxidation sites excluding steroid dienone is 3. The predicted octanol–water partition coefficient (Wildman–Crippen LogP) is 2.03. The Kier molecular flexibility index (Phi) is 5.45. The Balaban J connectivity index is 0.000000385. The zero-order valence-corrected chi connectivity index (χ0v) is 8.46. The highest BCUT2D eigenvalue weighted by atomic mass is 32.2. The van der Waals surface area contributed by atoms with Crippen molar-refractivity contribution in [1.82, 2.24) is 0 Å². The molecule has 0 spiro atoms. The van der Waals surface area contributed by atoms with Crippen molar-refractivity contribution < 1.29 is 25.7 Å². The van der Waals surface area contributed by atoms with Gasteiger partial charge in [-0.25, -0.2) is 0 Å². The van der Waals surface area contributed by atoms with Gasteiger partial charge in [-0.2, -0.15) is 8.42 Å². The lowest BCUT2D eigenvalue weighted by molar-refractivity contribution is 0.368. The fraction of sp³-hybridized carbons (Fsp3) is 0.167. The Hall–Kier alpha value is -1.63. The SMILES string of the molecule is F[B-](F)(F)F.N#[N+]C1=CCC(=S(=O)=O)C=C1. The van der Waals surface area contributed by atoms with E-state index in [4.69, 9.17) is 5.39 Å². The maximum atomic E-state index is 10.3. The Labute approximate surface area is 89.5 Å². The standard InChI is InChI=1S/C6H5N2O2S.BF4/c7-8-5-1-3-6(4-2-5)11(9)10;2-1(3,4)5/h1-3H,4H2;/q+1;-1. The van der Waals surface area contributed by atoms with Gasteiger partial charge in [-0.15, -0.1) is 0 Å². The average Bonchev–Trinajstić information content (AvgIpc) is 2.15. The Bertz CT molecular complexity index is 472. The lowest BCUT2D eigenvalue weighted by atomic mass is 10.1. The third kappa shape index (κ3) is 7.75. The molecule has 0 heterocycles. The van der Waals surface area contributed by atoms with E-state index in [1.807, 2.05) is 0 Å². The fourth-order valence-electron chi connectivity index (χ4n) is 0.717. The molecule has 0 fully saturated rings. The van der Waals surface area contributed by atoms with E-state index in [0.29, 0.717) is 17.0 Å². The minimum atomic E-state index is -6.00. The van der Waals surface area contributed by atoms with Crippen molar-refractivity contribution in [3.63, 3.8) is 0 Å². The monoisotopic (exact) mass is 256 g/mol. The van der Waals surface area contributed by atoms with Crippen molar-refractivity contribution in [3.05, 3.63) is 28.9 Å². The molecule has 0 aromatic rings. The summed E-state index contributed by atoms with van der Waals surface area (Å²) in [6.45, 7) is 0. The third-order valence-electron chi connectivity index (χ3n) is 1.28. The second-order valence-electron chi connectivity index (χ2n) is 2.46. The van der Waals surface area contributed by atoms with Gasteiger partial charge in [-0.3, -0.25) is 0 Å². The minimum Gasteiger partial charge on any atom is -0.418 e. The van der Waals surface area contributed by atoms with E-state index in [2.05, 4.69) is 4.98 Å². The van der Waals surface area contributed by atoms with Crippen LogP contribution in [0.3, 0.4) is 0 Å². The molecule has 1 rings (SSSR count). The van der Waals surface area contributed by atoms with Crippen molar-refractivity contribution >= 4 is 22.4 Å². The Morgan fingerprint density at radius 3 is 2.00 bits per heavy atom. The second-order valence-corrected chi connectivity index (χ2v) is 3.46. The van der Waals surface area contributed by atoms with Crippen LogP contribution in [0.1, 0.15) is 6.42 Å². The highest BCUT2D eigenvalue weighted by Gasteiger charge is 2.20. The maximum Gasteiger partial charge on any atom is 0.673 e. The highest BCUT2D eigenvalue weighted by molar-refractivity contribution is 7.73. The van der Waals surface area contributed by atoms with Gasteiger partial charge in [0.15, 0.2) is 4.98 Å². The zero-order valence-electron chi connectivity index (χ0n) is 7.65. The molecule has 16 heavy (non-hydrogen) atoms. The molecular formula is C6H5BF4N2O2S. The van der Waals surface area contributed by atoms with E-state index in [1.165, 1.54) is 18.2 Å². The average molecular weight is 256 g/mol. The van der Waals surface area contributed by atoms with Crippen LogP contribution < -0.4 is 0 Å². The van der Waals surface area contributed by atoms with Crippen LogP contribution in [0.5, 0.6) is 0 Å². The third-order valence-corrected chi connectivity index (χ3v) is 2.01. The molecule has 0 unspecified atom stereocenters. The van der Waals surface area contributed by atoms with Gasteiger partial charge in [0.05, 0.1) is 4.86 Å². The van der Waals surface area contributed by atoms with Crippen molar-refractivity contribution in [2.75, 3.05) is 0 Å². The molecule has 1 aliphatic rings. The number of nitrogens with zero attached hydrogens (tertiary/aromatic N) is 2. The van der Waals surface area contributed by atoms with Gasteiger partial charge in [-0.05, 0) is 6.08 Å². The van der Waals surface area contributed by atoms with Crippen LogP contribution in [-0.2, 0) is 10.3 Å². The first kappa shape index (κ1) is 14.4. The van der Waals surface area contributed by atoms with Crippen molar-refractivity contribution in [1.29, 1.82) is 5.39 Å². The van der Waals surface area contributed by atoms with Crippen LogP contribution >= 0.6 is 0 Å². The summed E-state index contributed by atoms with van der Waals surface area (Å²) in [5.41, 5.74) is 0.388. The number of hydrogen-bond acceptors (Lipinski definition) is 3. The quantitative estimate of drug-likeness (QED) is 0.288. The molecule has 1 aliphatic carbocycles. The summed E-state index contributed by atoms with van der Waals surface area (Å²) >= 11 is 0. The topological polar surface area (TPSA) is 62.3 Å². The fourth-order valence-corrected chi connectivity index (χ4v) is 1.12. The minimum absolute atomic E-state index is 0.298. The van der Waals surface area contributed by atoms with Crippen molar-refractivity contribution in [2.45, 2.75) is 6.42 Å². The lowest BCUT2D eigenvalue weighted by Crippen LogP contribution is -2.02. The largest absolute Gasteiger partial charge is 0.673 e. The molecule has 88 valence electrons. The van der Waals surface area contributed by atoms with E-state index in [1.54, 1.807) is 0 Å². The molecule has 0 aromatic carbocycles. The summed E-state index contributed by atoms with van der Waals surface area (Å²) in [6.07, 6.45) is 4.68. The van der Waals surface area contributed by atoms with Crippen molar-refractivity contribution in [2.24, 2.45) is 0 Å². The van der Waals surface area contributed by atoms with Gasteiger partial charge in [0.2, 0.25) is 15.7 Å². The zero-order chi connectivity index (χ0) is 12.8. The molecule has 0 bridgehead atoms. The first-order valence-electron chi connectivity index (χ1n) is 3.80. The molecule has 0 radical (unpaired) electrons. The Morgan fingerprint density at radius 1 is 1.25 bits per heavy atom. The molecule has 0 atom stereocenters. The lowest BCUT2D eigenvalue weighted by Gasteiger charge is -1.94. The number of halogens is 4. The molecule has 0 N–H and O–H groups in total. The summed E-state index contributed by atoms with van der Waals surface area (Å²) < 4.78 is 59.7. The van der Waals surface area contributed by atoms with Gasteiger partial charge in [-0.1, -0.05) is 0 Å². The number of rotatable bonds is 0.